The van der Waals surface area contributed by atoms with Gasteiger partial charge in [0.25, 0.3) is 0 Å². The molecule has 0 bridgehead atoms. The smallest absolute Gasteiger partial charge is 0.136 e. The molecule has 1 aliphatic heterocycles. The van der Waals surface area contributed by atoms with Gasteiger partial charge < -0.3 is 9.84 Å². The molecule has 1 saturated heterocycles. The molecule has 0 aromatic rings. The van der Waals surface area contributed by atoms with Gasteiger partial charge >= 0.3 is 0 Å². The molecule has 0 aromatic heterocycles. The van der Waals surface area contributed by atoms with Crippen LogP contribution in [-0.4, -0.2) is 54.7 Å². The summed E-state index contributed by atoms with van der Waals surface area (Å²) in [6.07, 6.45) is 15.5. The maximum absolute atomic E-state index is 14.3. The summed E-state index contributed by atoms with van der Waals surface area (Å²) in [6.45, 7) is 24.8. The van der Waals surface area contributed by atoms with E-state index in [0.717, 1.165) is 57.4 Å². The topological polar surface area (TPSA) is 49.8 Å². The van der Waals surface area contributed by atoms with Crippen molar-refractivity contribution >= 4 is 5.78 Å². The number of aliphatic hydroxyl groups excluding tert-OH is 1. The average Bonchev–Trinajstić information content (AvgIpc) is 3.60. The Kier molecular flexibility index (Phi) is 8.54. The minimum absolute atomic E-state index is 0.00959. The van der Waals surface area contributed by atoms with Gasteiger partial charge in [-0.2, -0.15) is 0 Å². The summed E-state index contributed by atoms with van der Waals surface area (Å²) in [7, 11) is 0. The number of ketones is 1. The summed E-state index contributed by atoms with van der Waals surface area (Å²) in [5, 5.41) is 11.1. The Hall–Kier alpha value is -0.710. The lowest BCUT2D eigenvalue weighted by molar-refractivity contribution is -0.241. The quantitative estimate of drug-likeness (QED) is 0.302. The van der Waals surface area contributed by atoms with Crippen LogP contribution in [0.1, 0.15) is 125 Å². The van der Waals surface area contributed by atoms with Crippen LogP contribution in [0.5, 0.6) is 0 Å². The van der Waals surface area contributed by atoms with Crippen LogP contribution >= 0.6 is 0 Å². The fourth-order valence-corrected chi connectivity index (χ4v) is 14.7. The van der Waals surface area contributed by atoms with Crippen LogP contribution in [0.4, 0.5) is 0 Å². The Morgan fingerprint density at radius 3 is 2.27 bits per heavy atom. The number of carbonyl (C=O) groups excluding carboxylic acids is 1. The molecule has 254 valence electrons. The summed E-state index contributed by atoms with van der Waals surface area (Å²) < 4.78 is 5.57. The summed E-state index contributed by atoms with van der Waals surface area (Å²) >= 11 is 0. The maximum atomic E-state index is 14.3. The van der Waals surface area contributed by atoms with Gasteiger partial charge in [-0.25, -0.2) is 0 Å². The number of nitrogens with zero attached hydrogens (tertiary/aromatic N) is 1. The van der Waals surface area contributed by atoms with Crippen LogP contribution in [0.25, 0.3) is 0 Å². The SMILES string of the molecule is C=C(C)[C@@H]1C[C@@H](C(=O)C[C@@H]2CCC(CN3CCOCC3)C2)C2CC[C@]3(C)[C@H](CC[C@@H]4[C@@]5(C)CC[C@H](O)C(C)(C)[C@@H]5CC[C@]43C)[C@H]21. The van der Waals surface area contributed by atoms with E-state index in [4.69, 9.17) is 4.74 Å². The highest BCUT2D eigenvalue weighted by molar-refractivity contribution is 5.82. The molecule has 13 atom stereocenters. The lowest BCUT2D eigenvalue weighted by Crippen LogP contribution is -2.66. The van der Waals surface area contributed by atoms with E-state index in [1.54, 1.807) is 0 Å². The van der Waals surface area contributed by atoms with Crippen molar-refractivity contribution in [3.8, 4) is 0 Å². The van der Waals surface area contributed by atoms with Gasteiger partial charge in [0.05, 0.1) is 19.3 Å². The Bertz CT molecular complexity index is 1140. The molecule has 7 rings (SSSR count). The second kappa shape index (κ2) is 11.7. The number of morpholine rings is 1. The van der Waals surface area contributed by atoms with Crippen LogP contribution < -0.4 is 0 Å². The van der Waals surface area contributed by atoms with Crippen LogP contribution in [0, 0.1) is 74.9 Å². The predicted molar refractivity (Wildman–Crippen MR) is 183 cm³/mol. The molecule has 0 spiro atoms. The van der Waals surface area contributed by atoms with Gasteiger partial charge in [0.1, 0.15) is 5.78 Å². The molecule has 6 aliphatic carbocycles. The first-order chi connectivity index (χ1) is 21.3. The number of fused-ring (bicyclic) bond motifs is 7. The molecule has 0 radical (unpaired) electrons. The first-order valence-corrected chi connectivity index (χ1v) is 19.5. The number of hydrogen-bond donors (Lipinski definition) is 1. The van der Waals surface area contributed by atoms with Crippen LogP contribution in [0.3, 0.4) is 0 Å². The molecule has 2 unspecified atom stereocenters. The van der Waals surface area contributed by atoms with E-state index in [1.165, 1.54) is 76.3 Å². The van der Waals surface area contributed by atoms with Crippen molar-refractivity contribution in [1.29, 1.82) is 0 Å². The monoisotopic (exact) mass is 622 g/mol. The lowest BCUT2D eigenvalue weighted by atomic mass is 9.33. The highest BCUT2D eigenvalue weighted by Gasteiger charge is 2.69. The third kappa shape index (κ3) is 5.10. The number of ether oxygens (including phenoxy) is 1. The Morgan fingerprint density at radius 2 is 1.53 bits per heavy atom. The van der Waals surface area contributed by atoms with Crippen LogP contribution in [0.2, 0.25) is 0 Å². The second-order valence-corrected chi connectivity index (χ2v) is 19.2. The number of rotatable bonds is 6. The normalized spacial score (nSPS) is 51.1. The number of Topliss-reactive ketones (excluding diaryl/α,β-unsaturated/α-hetero) is 1. The largest absolute Gasteiger partial charge is 0.393 e. The molecule has 6 saturated carbocycles. The van der Waals surface area contributed by atoms with Crippen LogP contribution in [0.15, 0.2) is 12.2 Å². The Balaban J connectivity index is 1.07. The van der Waals surface area contributed by atoms with Crippen molar-refractivity contribution in [2.45, 2.75) is 131 Å². The van der Waals surface area contributed by atoms with Crippen molar-refractivity contribution in [1.82, 2.24) is 4.90 Å². The van der Waals surface area contributed by atoms with Gasteiger partial charge in [-0.3, -0.25) is 9.69 Å². The van der Waals surface area contributed by atoms with Crippen molar-refractivity contribution < 1.29 is 14.6 Å². The van der Waals surface area contributed by atoms with E-state index in [9.17, 15) is 9.90 Å². The number of hydrogen-bond acceptors (Lipinski definition) is 4. The maximum Gasteiger partial charge on any atom is 0.136 e. The lowest BCUT2D eigenvalue weighted by Gasteiger charge is -2.72. The van der Waals surface area contributed by atoms with E-state index in [2.05, 4.69) is 53.0 Å². The van der Waals surface area contributed by atoms with E-state index >= 15 is 0 Å². The zero-order chi connectivity index (χ0) is 31.9. The van der Waals surface area contributed by atoms with Gasteiger partial charge in [0.2, 0.25) is 0 Å². The molecule has 1 heterocycles. The highest BCUT2D eigenvalue weighted by Crippen LogP contribution is 2.76. The van der Waals surface area contributed by atoms with Gasteiger partial charge in [0.15, 0.2) is 0 Å². The molecule has 4 heteroatoms. The minimum Gasteiger partial charge on any atom is -0.393 e. The third-order valence-electron chi connectivity index (χ3n) is 17.2. The predicted octanol–water partition coefficient (Wildman–Crippen LogP) is 8.57. The van der Waals surface area contributed by atoms with E-state index in [1.807, 2.05) is 0 Å². The molecule has 7 aliphatic rings. The standard InChI is InChI=1S/C41H67NO3/c1-26(2)30-24-31(33(43)23-27-8-9-28(22-27)25-42-18-20-45-21-19-42)29-12-16-40(6)32(37(29)30)10-11-35-39(5)15-14-36(44)38(3,4)34(39)13-17-41(35,40)7/h27-32,34-37,44H,1,8-25H2,2-7H3/t27-,28?,29?,30+,31-,32-,34+,35-,36+,37-,39+,40-,41-/m1/s1. The fourth-order valence-electron chi connectivity index (χ4n) is 14.7. The van der Waals surface area contributed by atoms with Gasteiger partial charge in [-0.15, -0.1) is 0 Å². The zero-order valence-electron chi connectivity index (χ0n) is 29.9. The fraction of sp³-hybridized carbons (Fsp3) is 0.927. The zero-order valence-corrected chi connectivity index (χ0v) is 29.9. The molecule has 7 fully saturated rings. The summed E-state index contributed by atoms with van der Waals surface area (Å²) in [5.41, 5.74) is 2.35. The molecule has 1 N–H and O–H groups in total. The van der Waals surface area contributed by atoms with Gasteiger partial charge in [-0.1, -0.05) is 46.8 Å². The molecule has 45 heavy (non-hydrogen) atoms. The van der Waals surface area contributed by atoms with Crippen LogP contribution in [-0.2, 0) is 9.53 Å². The van der Waals surface area contributed by atoms with E-state index in [0.29, 0.717) is 57.5 Å². The second-order valence-electron chi connectivity index (χ2n) is 19.2. The number of aliphatic hydroxyl groups is 1. The van der Waals surface area contributed by atoms with Crippen molar-refractivity contribution in [2.75, 3.05) is 32.8 Å². The van der Waals surface area contributed by atoms with Gasteiger partial charge in [-0.05, 0) is 153 Å². The molecule has 0 aromatic carbocycles. The van der Waals surface area contributed by atoms with Crippen molar-refractivity contribution in [2.24, 2.45) is 74.9 Å². The molecular weight excluding hydrogens is 554 g/mol. The first-order valence-electron chi connectivity index (χ1n) is 19.5. The molecular formula is C41H67NO3. The number of allylic oxidation sites excluding steroid dienone is 1. The number of carbonyl (C=O) groups is 1. The molecule has 0 amide bonds. The minimum atomic E-state index is -0.161. The Morgan fingerprint density at radius 1 is 0.822 bits per heavy atom. The van der Waals surface area contributed by atoms with E-state index in [-0.39, 0.29) is 17.4 Å². The van der Waals surface area contributed by atoms with E-state index < -0.39 is 0 Å². The summed E-state index contributed by atoms with van der Waals surface area (Å²) in [5.74, 6) is 6.03. The van der Waals surface area contributed by atoms with Gasteiger partial charge in [0, 0.05) is 32.0 Å². The van der Waals surface area contributed by atoms with Crippen molar-refractivity contribution in [3.05, 3.63) is 12.2 Å². The average molecular weight is 622 g/mol. The molecule has 4 nitrogen and oxygen atoms in total. The van der Waals surface area contributed by atoms with Crippen molar-refractivity contribution in [3.63, 3.8) is 0 Å². The third-order valence-corrected chi connectivity index (χ3v) is 17.2. The summed E-state index contributed by atoms with van der Waals surface area (Å²) in [4.78, 5) is 16.9. The summed E-state index contributed by atoms with van der Waals surface area (Å²) in [6, 6.07) is 0. The highest BCUT2D eigenvalue weighted by atomic mass is 16.5. The Labute approximate surface area is 275 Å². The first kappa shape index (κ1) is 32.8.